The number of piperazine rings is 1. The van der Waals surface area contributed by atoms with Gasteiger partial charge in [-0.1, -0.05) is 63.6 Å². The van der Waals surface area contributed by atoms with E-state index in [0.717, 1.165) is 37.6 Å². The van der Waals surface area contributed by atoms with Gasteiger partial charge in [-0.25, -0.2) is 4.98 Å². The van der Waals surface area contributed by atoms with Crippen LogP contribution in [0, 0.1) is 10.8 Å². The lowest BCUT2D eigenvalue weighted by atomic mass is 9.39. The molecule has 28 heavy (non-hydrogen) atoms. The van der Waals surface area contributed by atoms with Gasteiger partial charge in [0.15, 0.2) is 0 Å². The molecular weight excluding hydrogens is 370 g/mol. The monoisotopic (exact) mass is 399 g/mol. The summed E-state index contributed by atoms with van der Waals surface area (Å²) >= 11 is 6.51. The average molecular weight is 400 g/mol. The minimum absolute atomic E-state index is 0.271. The highest BCUT2D eigenvalue weighted by Crippen LogP contribution is 2.69. The zero-order chi connectivity index (χ0) is 20.2. The maximum Gasteiger partial charge on any atom is 0.128 e. The molecule has 1 N–H and O–H groups in total. The number of aliphatic hydroxyl groups is 1. The summed E-state index contributed by atoms with van der Waals surface area (Å²) in [4.78, 5) is 9.38. The molecule has 4 rings (SSSR count). The van der Waals surface area contributed by atoms with Crippen molar-refractivity contribution in [1.82, 2.24) is 9.88 Å². The summed E-state index contributed by atoms with van der Waals surface area (Å²) in [5, 5.41) is 12.6. The summed E-state index contributed by atoms with van der Waals surface area (Å²) in [6, 6.07) is 14.1. The molecule has 5 heteroatoms. The second-order valence-electron chi connectivity index (χ2n) is 9.25. The van der Waals surface area contributed by atoms with Crippen LogP contribution < -0.4 is 4.90 Å². The van der Waals surface area contributed by atoms with E-state index in [1.165, 1.54) is 0 Å². The van der Waals surface area contributed by atoms with Crippen LogP contribution in [0.1, 0.15) is 33.3 Å². The lowest BCUT2D eigenvalue weighted by molar-refractivity contribution is -0.307. The fraction of sp³-hybridized carbons (Fsp3) is 0.522. The van der Waals surface area contributed by atoms with Gasteiger partial charge in [-0.2, -0.15) is 0 Å². The average Bonchev–Trinajstić information content (AvgIpc) is 2.68. The molecule has 0 bridgehead atoms. The third-order valence-electron chi connectivity index (χ3n) is 7.15. The fourth-order valence-corrected chi connectivity index (χ4v) is 6.43. The summed E-state index contributed by atoms with van der Waals surface area (Å²) < 4.78 is 0. The molecule has 1 aliphatic heterocycles. The normalized spacial score (nSPS) is 29.4. The zero-order valence-electron chi connectivity index (χ0n) is 17.2. The number of hydrogen-bond acceptors (Lipinski definition) is 4. The van der Waals surface area contributed by atoms with E-state index < -0.39 is 5.60 Å². The van der Waals surface area contributed by atoms with Crippen LogP contribution in [0.4, 0.5) is 5.82 Å². The minimum Gasteiger partial charge on any atom is -0.384 e. The van der Waals surface area contributed by atoms with Crippen LogP contribution in [-0.2, 0) is 5.60 Å². The third-order valence-corrected chi connectivity index (χ3v) is 7.48. The number of benzene rings is 1. The van der Waals surface area contributed by atoms with Crippen molar-refractivity contribution in [1.29, 1.82) is 0 Å². The van der Waals surface area contributed by atoms with Gasteiger partial charge in [-0.3, -0.25) is 4.90 Å². The summed E-state index contributed by atoms with van der Waals surface area (Å²) in [5.41, 5.74) is -0.750. The van der Waals surface area contributed by atoms with Gasteiger partial charge in [0, 0.05) is 59.8 Å². The Morgan fingerprint density at radius 1 is 0.929 bits per heavy atom. The largest absolute Gasteiger partial charge is 0.384 e. The molecule has 2 aromatic rings. The first-order valence-electron chi connectivity index (χ1n) is 10.1. The highest BCUT2D eigenvalue weighted by atomic mass is 35.5. The van der Waals surface area contributed by atoms with Crippen LogP contribution in [0.5, 0.6) is 0 Å². The maximum absolute atomic E-state index is 11.9. The first kappa shape index (κ1) is 19.7. The smallest absolute Gasteiger partial charge is 0.128 e. The number of anilines is 1. The predicted molar refractivity (Wildman–Crippen MR) is 115 cm³/mol. The molecule has 1 saturated carbocycles. The van der Waals surface area contributed by atoms with E-state index in [-0.39, 0.29) is 16.9 Å². The Morgan fingerprint density at radius 3 is 2.11 bits per heavy atom. The Hall–Kier alpha value is -1.62. The standard InChI is InChI=1S/C23H30ClN3O/c1-21(2)20(22(3,4)23(21,28)17-9-5-6-10-18(17)24)27-15-13-26(14-16-27)19-11-7-8-12-25-19/h5-12,20,28H,13-16H2,1-4H3. The van der Waals surface area contributed by atoms with Crippen molar-refractivity contribution in [3.05, 3.63) is 59.2 Å². The summed E-state index contributed by atoms with van der Waals surface area (Å²) in [5.74, 6) is 1.04. The summed E-state index contributed by atoms with van der Waals surface area (Å²) in [7, 11) is 0. The molecule has 0 atom stereocenters. The van der Waals surface area contributed by atoms with Crippen molar-refractivity contribution in [2.75, 3.05) is 31.1 Å². The fourth-order valence-electron chi connectivity index (χ4n) is 6.16. The van der Waals surface area contributed by atoms with Gasteiger partial charge in [0.2, 0.25) is 0 Å². The Balaban J connectivity index is 1.56. The molecular formula is C23H30ClN3O. The molecule has 0 amide bonds. The van der Waals surface area contributed by atoms with Gasteiger partial charge in [0.25, 0.3) is 0 Å². The molecule has 1 aromatic heterocycles. The Morgan fingerprint density at radius 2 is 1.54 bits per heavy atom. The molecule has 1 aromatic carbocycles. The van der Waals surface area contributed by atoms with Crippen molar-refractivity contribution in [2.24, 2.45) is 10.8 Å². The Kier molecular flexibility index (Phi) is 4.72. The van der Waals surface area contributed by atoms with Crippen molar-refractivity contribution < 1.29 is 5.11 Å². The second kappa shape index (κ2) is 6.72. The van der Waals surface area contributed by atoms with Crippen molar-refractivity contribution in [3.63, 3.8) is 0 Å². The number of rotatable bonds is 3. The van der Waals surface area contributed by atoms with Crippen LogP contribution in [0.15, 0.2) is 48.7 Å². The van der Waals surface area contributed by atoms with Gasteiger partial charge in [-0.05, 0) is 18.2 Å². The van der Waals surface area contributed by atoms with E-state index >= 15 is 0 Å². The van der Waals surface area contributed by atoms with Crippen LogP contribution in [0.2, 0.25) is 5.02 Å². The van der Waals surface area contributed by atoms with E-state index in [9.17, 15) is 5.11 Å². The molecule has 2 aliphatic rings. The van der Waals surface area contributed by atoms with Crippen LogP contribution >= 0.6 is 11.6 Å². The first-order valence-corrected chi connectivity index (χ1v) is 10.5. The lowest BCUT2D eigenvalue weighted by Crippen LogP contribution is -2.79. The number of hydrogen-bond donors (Lipinski definition) is 1. The van der Waals surface area contributed by atoms with E-state index in [4.69, 9.17) is 11.6 Å². The molecule has 0 spiro atoms. The van der Waals surface area contributed by atoms with Crippen LogP contribution in [0.25, 0.3) is 0 Å². The first-order chi connectivity index (χ1) is 13.2. The topological polar surface area (TPSA) is 39.6 Å². The molecule has 0 radical (unpaired) electrons. The molecule has 4 nitrogen and oxygen atoms in total. The molecule has 1 saturated heterocycles. The number of aromatic nitrogens is 1. The Bertz CT molecular complexity index is 828. The van der Waals surface area contributed by atoms with Crippen LogP contribution in [0.3, 0.4) is 0 Å². The van der Waals surface area contributed by atoms with Crippen molar-refractivity contribution >= 4 is 17.4 Å². The minimum atomic E-state index is -0.971. The van der Waals surface area contributed by atoms with Crippen molar-refractivity contribution in [3.8, 4) is 0 Å². The molecule has 1 aliphatic carbocycles. The summed E-state index contributed by atoms with van der Waals surface area (Å²) in [6.45, 7) is 12.5. The van der Waals surface area contributed by atoms with Gasteiger partial charge in [-0.15, -0.1) is 0 Å². The lowest BCUT2D eigenvalue weighted by Gasteiger charge is -2.72. The highest BCUT2D eigenvalue weighted by Gasteiger charge is 2.73. The van der Waals surface area contributed by atoms with Crippen molar-refractivity contribution in [2.45, 2.75) is 39.3 Å². The SMILES string of the molecule is CC1(C)C(N2CCN(c3ccccn3)CC2)C(C)(C)C1(O)c1ccccc1Cl. The zero-order valence-corrected chi connectivity index (χ0v) is 17.9. The molecule has 0 unspecified atom stereocenters. The third kappa shape index (κ3) is 2.62. The van der Waals surface area contributed by atoms with E-state index in [2.05, 4.69) is 48.5 Å². The van der Waals surface area contributed by atoms with E-state index in [1.54, 1.807) is 0 Å². The van der Waals surface area contributed by atoms with E-state index in [0.29, 0.717) is 5.02 Å². The van der Waals surface area contributed by atoms with Gasteiger partial charge >= 0.3 is 0 Å². The molecule has 2 fully saturated rings. The van der Waals surface area contributed by atoms with Gasteiger partial charge in [0.1, 0.15) is 11.4 Å². The van der Waals surface area contributed by atoms with Gasteiger partial charge < -0.3 is 10.0 Å². The predicted octanol–water partition coefficient (Wildman–Crippen LogP) is 4.18. The number of nitrogens with zero attached hydrogens (tertiary/aromatic N) is 3. The van der Waals surface area contributed by atoms with Crippen LogP contribution in [-0.4, -0.2) is 47.2 Å². The number of halogens is 1. The quantitative estimate of drug-likeness (QED) is 0.840. The highest BCUT2D eigenvalue weighted by molar-refractivity contribution is 6.31. The summed E-state index contributed by atoms with van der Waals surface area (Å²) in [6.07, 6.45) is 1.85. The Labute approximate surface area is 173 Å². The maximum atomic E-state index is 11.9. The molecule has 2 heterocycles. The molecule has 150 valence electrons. The second-order valence-corrected chi connectivity index (χ2v) is 9.65. The van der Waals surface area contributed by atoms with E-state index in [1.807, 2.05) is 42.6 Å². The number of pyridine rings is 1. The van der Waals surface area contributed by atoms with Gasteiger partial charge in [0.05, 0.1) is 0 Å².